The molecule has 24 heavy (non-hydrogen) atoms. The minimum Gasteiger partial charge on any atom is -0.349 e. The molecular weight excluding hydrogens is 326 g/mol. The summed E-state index contributed by atoms with van der Waals surface area (Å²) in [5, 5.41) is 2.63. The predicted molar refractivity (Wildman–Crippen MR) is 96.5 cm³/mol. The highest BCUT2D eigenvalue weighted by molar-refractivity contribution is 7.89. The molecule has 0 radical (unpaired) electrons. The van der Waals surface area contributed by atoms with Crippen LogP contribution in [0.2, 0.25) is 0 Å². The molecule has 0 fully saturated rings. The Morgan fingerprint density at radius 3 is 2.58 bits per heavy atom. The van der Waals surface area contributed by atoms with Crippen LogP contribution in [0.3, 0.4) is 0 Å². The van der Waals surface area contributed by atoms with Crippen LogP contribution in [0.4, 0.5) is 0 Å². The van der Waals surface area contributed by atoms with Crippen molar-refractivity contribution in [2.75, 3.05) is 26.2 Å². The zero-order valence-corrected chi connectivity index (χ0v) is 15.4. The number of hydrogen-bond donors (Lipinski definition) is 2. The third-order valence-electron chi connectivity index (χ3n) is 3.60. The van der Waals surface area contributed by atoms with Gasteiger partial charge in [0.25, 0.3) is 5.91 Å². The van der Waals surface area contributed by atoms with Crippen LogP contribution in [0.25, 0.3) is 0 Å². The topological polar surface area (TPSA) is 78.5 Å². The molecule has 2 N–H and O–H groups in total. The predicted octanol–water partition coefficient (Wildman–Crippen LogP) is 1.61. The van der Waals surface area contributed by atoms with E-state index in [0.29, 0.717) is 18.7 Å². The fourth-order valence-electron chi connectivity index (χ4n) is 2.31. The lowest BCUT2D eigenvalue weighted by atomic mass is 10.2. The normalized spacial score (nSPS) is 12.8. The molecule has 0 saturated heterocycles. The Morgan fingerprint density at radius 1 is 1.33 bits per heavy atom. The summed E-state index contributed by atoms with van der Waals surface area (Å²) in [5.41, 5.74) is 0.302. The van der Waals surface area contributed by atoms with Crippen LogP contribution in [0.1, 0.15) is 31.1 Å². The van der Waals surface area contributed by atoms with Crippen LogP contribution < -0.4 is 10.0 Å². The number of amides is 1. The fourth-order valence-corrected chi connectivity index (χ4v) is 3.59. The van der Waals surface area contributed by atoms with Crippen molar-refractivity contribution < 1.29 is 13.2 Å². The molecule has 0 aliphatic rings. The van der Waals surface area contributed by atoms with E-state index in [1.165, 1.54) is 12.1 Å². The smallest absolute Gasteiger partial charge is 0.251 e. The maximum atomic E-state index is 12.5. The molecule has 0 aromatic heterocycles. The monoisotopic (exact) mass is 353 g/mol. The second-order valence-electron chi connectivity index (χ2n) is 5.53. The quantitative estimate of drug-likeness (QED) is 0.627. The second-order valence-corrected chi connectivity index (χ2v) is 7.25. The molecule has 0 spiro atoms. The molecule has 1 atom stereocenters. The van der Waals surface area contributed by atoms with E-state index in [9.17, 15) is 13.2 Å². The second kappa shape index (κ2) is 9.56. The van der Waals surface area contributed by atoms with Crippen molar-refractivity contribution in [1.82, 2.24) is 14.9 Å². The molecule has 1 amide bonds. The van der Waals surface area contributed by atoms with Crippen LogP contribution >= 0.6 is 0 Å². The van der Waals surface area contributed by atoms with Crippen molar-refractivity contribution >= 4 is 15.9 Å². The van der Waals surface area contributed by atoms with Crippen molar-refractivity contribution in [3.05, 3.63) is 42.5 Å². The molecule has 134 valence electrons. The van der Waals surface area contributed by atoms with Gasteiger partial charge in [0.15, 0.2) is 0 Å². The highest BCUT2D eigenvalue weighted by Gasteiger charge is 2.19. The van der Waals surface area contributed by atoms with E-state index in [0.717, 1.165) is 13.1 Å². The minimum atomic E-state index is -3.67. The van der Waals surface area contributed by atoms with Gasteiger partial charge >= 0.3 is 0 Å². The molecule has 0 bridgehead atoms. The summed E-state index contributed by atoms with van der Waals surface area (Å²) in [5.74, 6) is -0.330. The number of carbonyl (C=O) groups excluding carboxylic acids is 1. The number of benzene rings is 1. The zero-order chi connectivity index (χ0) is 18.2. The van der Waals surface area contributed by atoms with Gasteiger partial charge in [0.05, 0.1) is 4.90 Å². The van der Waals surface area contributed by atoms with E-state index in [4.69, 9.17) is 0 Å². The van der Waals surface area contributed by atoms with Crippen molar-refractivity contribution in [2.24, 2.45) is 0 Å². The lowest BCUT2D eigenvalue weighted by molar-refractivity contribution is 0.0958. The van der Waals surface area contributed by atoms with Gasteiger partial charge < -0.3 is 10.2 Å². The highest BCUT2D eigenvalue weighted by atomic mass is 32.2. The van der Waals surface area contributed by atoms with Gasteiger partial charge in [-0.2, -0.15) is 0 Å². The first-order valence-electron chi connectivity index (χ1n) is 8.07. The van der Waals surface area contributed by atoms with E-state index >= 15 is 0 Å². The Balaban J connectivity index is 2.87. The molecule has 0 saturated carbocycles. The van der Waals surface area contributed by atoms with Gasteiger partial charge in [0.2, 0.25) is 10.0 Å². The van der Waals surface area contributed by atoms with Gasteiger partial charge in [-0.15, -0.1) is 6.58 Å². The maximum Gasteiger partial charge on any atom is 0.251 e. The molecule has 0 aliphatic heterocycles. The Bertz CT molecular complexity index is 655. The van der Waals surface area contributed by atoms with E-state index in [1.807, 2.05) is 20.8 Å². The van der Waals surface area contributed by atoms with E-state index in [-0.39, 0.29) is 16.8 Å². The summed E-state index contributed by atoms with van der Waals surface area (Å²) in [6, 6.07) is 5.78. The molecule has 7 heteroatoms. The van der Waals surface area contributed by atoms with Gasteiger partial charge in [0, 0.05) is 24.7 Å². The summed E-state index contributed by atoms with van der Waals surface area (Å²) < 4.78 is 27.7. The number of carbonyl (C=O) groups is 1. The molecule has 0 aliphatic carbocycles. The molecule has 1 aromatic carbocycles. The number of rotatable bonds is 10. The largest absolute Gasteiger partial charge is 0.349 e. The number of likely N-dealkylation sites (N-methyl/N-ethyl adjacent to an activating group) is 1. The molecule has 6 nitrogen and oxygen atoms in total. The number of nitrogens with one attached hydrogen (secondary N) is 2. The summed E-state index contributed by atoms with van der Waals surface area (Å²) in [6.07, 6.45) is 1.56. The van der Waals surface area contributed by atoms with Crippen molar-refractivity contribution in [3.63, 3.8) is 0 Å². The van der Waals surface area contributed by atoms with Crippen LogP contribution in [-0.4, -0.2) is 51.4 Å². The average Bonchev–Trinajstić information content (AvgIpc) is 2.57. The van der Waals surface area contributed by atoms with Crippen LogP contribution in [-0.2, 0) is 10.0 Å². The summed E-state index contributed by atoms with van der Waals surface area (Å²) >= 11 is 0. The first kappa shape index (κ1) is 20.3. The zero-order valence-electron chi connectivity index (χ0n) is 14.6. The number of hydrogen-bond acceptors (Lipinski definition) is 4. The van der Waals surface area contributed by atoms with E-state index in [1.54, 1.807) is 18.2 Å². The molecule has 0 unspecified atom stereocenters. The van der Waals surface area contributed by atoms with Crippen molar-refractivity contribution in [2.45, 2.75) is 31.7 Å². The first-order chi connectivity index (χ1) is 11.3. The summed E-state index contributed by atoms with van der Waals surface area (Å²) in [6.45, 7) is 12.1. The van der Waals surface area contributed by atoms with Crippen molar-refractivity contribution in [1.29, 1.82) is 0 Å². The number of sulfonamides is 1. The van der Waals surface area contributed by atoms with Crippen LogP contribution in [0, 0.1) is 0 Å². The average molecular weight is 353 g/mol. The molecule has 1 rings (SSSR count). The molecule has 0 heterocycles. The SMILES string of the molecule is C=CCNC(=O)c1cccc(S(=O)(=O)N[C@H](C)CN(CC)CC)c1. The summed E-state index contributed by atoms with van der Waals surface area (Å²) in [4.78, 5) is 14.2. The highest BCUT2D eigenvalue weighted by Crippen LogP contribution is 2.12. The number of nitrogens with zero attached hydrogens (tertiary/aromatic N) is 1. The lowest BCUT2D eigenvalue weighted by Crippen LogP contribution is -2.41. The Hall–Kier alpha value is -1.70. The summed E-state index contributed by atoms with van der Waals surface area (Å²) in [7, 11) is -3.67. The standard InChI is InChI=1S/C17H27N3O3S/c1-5-11-18-17(21)15-9-8-10-16(12-15)24(22,23)19-14(4)13-20(6-2)7-3/h5,8-10,12,14,19H,1,6-7,11,13H2,2-4H3,(H,18,21)/t14-/m1/s1. The van der Waals surface area contributed by atoms with Crippen LogP contribution in [0.15, 0.2) is 41.8 Å². The lowest BCUT2D eigenvalue weighted by Gasteiger charge is -2.23. The maximum absolute atomic E-state index is 12.5. The fraction of sp³-hybridized carbons (Fsp3) is 0.471. The van der Waals surface area contributed by atoms with Gasteiger partial charge in [-0.05, 0) is 38.2 Å². The Morgan fingerprint density at radius 2 is 2.00 bits per heavy atom. The van der Waals surface area contributed by atoms with E-state index in [2.05, 4.69) is 21.5 Å². The van der Waals surface area contributed by atoms with Gasteiger partial charge in [-0.3, -0.25) is 4.79 Å². The molecular formula is C17H27N3O3S. The Kier molecular flexibility index (Phi) is 8.10. The van der Waals surface area contributed by atoms with Gasteiger partial charge in [-0.25, -0.2) is 13.1 Å². The third kappa shape index (κ3) is 6.07. The van der Waals surface area contributed by atoms with Crippen LogP contribution in [0.5, 0.6) is 0 Å². The van der Waals surface area contributed by atoms with Gasteiger partial charge in [0.1, 0.15) is 0 Å². The first-order valence-corrected chi connectivity index (χ1v) is 9.56. The Labute approximate surface area is 145 Å². The van der Waals surface area contributed by atoms with Gasteiger partial charge in [-0.1, -0.05) is 26.0 Å². The van der Waals surface area contributed by atoms with Crippen molar-refractivity contribution in [3.8, 4) is 0 Å². The van der Waals surface area contributed by atoms with E-state index < -0.39 is 10.0 Å². The molecule has 1 aromatic rings. The minimum absolute atomic E-state index is 0.0835. The third-order valence-corrected chi connectivity index (χ3v) is 5.18.